The molecule has 2 heteroatoms. The number of fused-ring (bicyclic) bond motifs is 1. The summed E-state index contributed by atoms with van der Waals surface area (Å²) in [6.45, 7) is 8.25. The molecule has 1 heterocycles. The molecule has 2 nitrogen and oxygen atoms in total. The van der Waals surface area contributed by atoms with Crippen molar-refractivity contribution in [3.8, 4) is 0 Å². The molecule has 0 saturated carbocycles. The lowest BCUT2D eigenvalue weighted by molar-refractivity contribution is 0.560. The van der Waals surface area contributed by atoms with E-state index < -0.39 is 0 Å². The summed E-state index contributed by atoms with van der Waals surface area (Å²) < 4.78 is 5.10. The van der Waals surface area contributed by atoms with Gasteiger partial charge >= 0.3 is 5.63 Å². The Kier molecular flexibility index (Phi) is 4.29. The second kappa shape index (κ2) is 5.50. The molecular weight excluding hydrogens is 200 g/mol. The van der Waals surface area contributed by atoms with Crippen LogP contribution in [0.4, 0.5) is 0 Å². The van der Waals surface area contributed by atoms with Gasteiger partial charge in [-0.1, -0.05) is 39.8 Å². The molecule has 16 heavy (non-hydrogen) atoms. The van der Waals surface area contributed by atoms with Crippen LogP contribution in [0.5, 0.6) is 0 Å². The van der Waals surface area contributed by atoms with Gasteiger partial charge < -0.3 is 4.42 Å². The first-order chi connectivity index (χ1) is 7.68. The Balaban J connectivity index is 0.000000606. The third-order valence-electron chi connectivity index (χ3n) is 2.32. The van der Waals surface area contributed by atoms with Gasteiger partial charge in [-0.25, -0.2) is 4.79 Å². The second-order valence-corrected chi connectivity index (χ2v) is 3.67. The Labute approximate surface area is 95.9 Å². The van der Waals surface area contributed by atoms with Gasteiger partial charge in [-0.3, -0.25) is 0 Å². The van der Waals surface area contributed by atoms with Crippen LogP contribution in [-0.4, -0.2) is 0 Å². The smallest absolute Gasteiger partial charge is 0.336 e. The monoisotopic (exact) mass is 218 g/mol. The lowest BCUT2D eigenvalue weighted by atomic mass is 9.99. The minimum Gasteiger partial charge on any atom is -0.423 e. The molecule has 2 aromatic rings. The molecule has 0 unspecified atom stereocenters. The highest BCUT2D eigenvalue weighted by molar-refractivity contribution is 5.80. The van der Waals surface area contributed by atoms with E-state index in [9.17, 15) is 4.79 Å². The summed E-state index contributed by atoms with van der Waals surface area (Å²) >= 11 is 0. The van der Waals surface area contributed by atoms with Crippen LogP contribution >= 0.6 is 0 Å². The molecule has 1 aromatic heterocycles. The highest BCUT2D eigenvalue weighted by Gasteiger charge is 2.05. The Morgan fingerprint density at radius 1 is 1.06 bits per heavy atom. The average molecular weight is 218 g/mol. The molecule has 0 N–H and O–H groups in total. The maximum absolute atomic E-state index is 11.0. The second-order valence-electron chi connectivity index (χ2n) is 3.67. The van der Waals surface area contributed by atoms with Gasteiger partial charge in [0.15, 0.2) is 0 Å². The first-order valence-electron chi connectivity index (χ1n) is 5.71. The first-order valence-corrected chi connectivity index (χ1v) is 5.71. The molecular formula is C14H18O2. The zero-order valence-corrected chi connectivity index (χ0v) is 10.3. The number of hydrogen-bond acceptors (Lipinski definition) is 2. The molecule has 0 aliphatic carbocycles. The van der Waals surface area contributed by atoms with E-state index in [1.165, 1.54) is 11.6 Å². The number of benzene rings is 1. The average Bonchev–Trinajstić information content (AvgIpc) is 2.30. The molecule has 0 atom stereocenters. The van der Waals surface area contributed by atoms with Gasteiger partial charge in [0.2, 0.25) is 0 Å². The fraction of sp³-hybridized carbons (Fsp3) is 0.357. The Bertz CT molecular complexity index is 509. The number of hydrogen-bond donors (Lipinski definition) is 0. The van der Waals surface area contributed by atoms with Crippen molar-refractivity contribution < 1.29 is 4.42 Å². The van der Waals surface area contributed by atoms with E-state index in [1.807, 2.05) is 32.0 Å². The zero-order valence-electron chi connectivity index (χ0n) is 10.3. The Hall–Kier alpha value is -1.57. The van der Waals surface area contributed by atoms with Crippen molar-refractivity contribution in [2.45, 2.75) is 33.6 Å². The molecule has 1 aromatic carbocycles. The van der Waals surface area contributed by atoms with Crippen molar-refractivity contribution in [1.82, 2.24) is 0 Å². The predicted octanol–water partition coefficient (Wildman–Crippen LogP) is 3.94. The van der Waals surface area contributed by atoms with Crippen LogP contribution in [0.1, 0.15) is 39.2 Å². The Morgan fingerprint density at radius 2 is 1.75 bits per heavy atom. The Morgan fingerprint density at radius 3 is 2.38 bits per heavy atom. The van der Waals surface area contributed by atoms with Crippen LogP contribution in [-0.2, 0) is 0 Å². The van der Waals surface area contributed by atoms with E-state index in [2.05, 4.69) is 19.9 Å². The van der Waals surface area contributed by atoms with E-state index in [4.69, 9.17) is 4.42 Å². The highest BCUT2D eigenvalue weighted by atomic mass is 16.4. The minimum absolute atomic E-state index is 0.293. The molecule has 2 rings (SSSR count). The summed E-state index contributed by atoms with van der Waals surface area (Å²) in [5.74, 6) is 0.436. The fourth-order valence-corrected chi connectivity index (χ4v) is 1.63. The van der Waals surface area contributed by atoms with Crippen molar-refractivity contribution in [3.63, 3.8) is 0 Å². The molecule has 0 amide bonds. The molecule has 0 aliphatic rings. The predicted molar refractivity (Wildman–Crippen MR) is 67.9 cm³/mol. The maximum Gasteiger partial charge on any atom is 0.336 e. The number of rotatable bonds is 1. The van der Waals surface area contributed by atoms with Crippen LogP contribution in [0.15, 0.2) is 39.5 Å². The quantitative estimate of drug-likeness (QED) is 0.678. The summed E-state index contributed by atoms with van der Waals surface area (Å²) in [5.41, 5.74) is 1.59. The molecule has 0 saturated heterocycles. The van der Waals surface area contributed by atoms with E-state index in [0.717, 1.165) is 5.39 Å². The van der Waals surface area contributed by atoms with Crippen LogP contribution in [0, 0.1) is 0 Å². The minimum atomic E-state index is -0.293. The summed E-state index contributed by atoms with van der Waals surface area (Å²) in [7, 11) is 0. The van der Waals surface area contributed by atoms with Gasteiger partial charge in [-0.05, 0) is 23.6 Å². The van der Waals surface area contributed by atoms with Gasteiger partial charge in [0.1, 0.15) is 5.58 Å². The van der Waals surface area contributed by atoms with E-state index >= 15 is 0 Å². The van der Waals surface area contributed by atoms with Crippen LogP contribution in [0.3, 0.4) is 0 Å². The lowest BCUT2D eigenvalue weighted by Crippen LogP contribution is -1.96. The molecule has 0 bridgehead atoms. The summed E-state index contributed by atoms with van der Waals surface area (Å²) in [6.07, 6.45) is 0. The standard InChI is InChI=1S/C12H12O2.C2H6/c1-8(2)9-4-3-5-11-10(9)6-7-12(13)14-11;1-2/h3-8H,1-2H3;1-2H3. The lowest BCUT2D eigenvalue weighted by Gasteiger charge is -2.07. The van der Waals surface area contributed by atoms with Crippen LogP contribution < -0.4 is 5.63 Å². The normalized spacial score (nSPS) is 10.1. The van der Waals surface area contributed by atoms with Crippen molar-refractivity contribution in [2.75, 3.05) is 0 Å². The van der Waals surface area contributed by atoms with Crippen molar-refractivity contribution in [3.05, 3.63) is 46.3 Å². The van der Waals surface area contributed by atoms with Crippen molar-refractivity contribution in [2.24, 2.45) is 0 Å². The molecule has 86 valence electrons. The zero-order chi connectivity index (χ0) is 12.1. The third-order valence-corrected chi connectivity index (χ3v) is 2.32. The van der Waals surface area contributed by atoms with Gasteiger partial charge in [0.05, 0.1) is 0 Å². The topological polar surface area (TPSA) is 30.2 Å². The fourth-order valence-electron chi connectivity index (χ4n) is 1.63. The van der Waals surface area contributed by atoms with Crippen LogP contribution in [0.25, 0.3) is 11.0 Å². The van der Waals surface area contributed by atoms with Gasteiger partial charge in [-0.15, -0.1) is 0 Å². The summed E-state index contributed by atoms with van der Waals surface area (Å²) in [4.78, 5) is 11.0. The molecule has 0 fully saturated rings. The van der Waals surface area contributed by atoms with Crippen molar-refractivity contribution >= 4 is 11.0 Å². The summed E-state index contributed by atoms with van der Waals surface area (Å²) in [5, 5.41) is 1.03. The highest BCUT2D eigenvalue weighted by Crippen LogP contribution is 2.23. The van der Waals surface area contributed by atoms with Crippen LogP contribution in [0.2, 0.25) is 0 Å². The molecule has 0 aliphatic heterocycles. The summed E-state index contributed by atoms with van der Waals surface area (Å²) in [6, 6.07) is 9.10. The molecule has 0 radical (unpaired) electrons. The van der Waals surface area contributed by atoms with E-state index in [0.29, 0.717) is 11.5 Å². The van der Waals surface area contributed by atoms with Gasteiger partial charge in [0.25, 0.3) is 0 Å². The first kappa shape index (κ1) is 12.5. The van der Waals surface area contributed by atoms with E-state index in [-0.39, 0.29) is 5.63 Å². The maximum atomic E-state index is 11.0. The SMILES string of the molecule is CC.CC(C)c1cccc2oc(=O)ccc12. The molecule has 0 spiro atoms. The van der Waals surface area contributed by atoms with Gasteiger partial charge in [0, 0.05) is 11.5 Å². The van der Waals surface area contributed by atoms with Crippen molar-refractivity contribution in [1.29, 1.82) is 0 Å². The van der Waals surface area contributed by atoms with E-state index in [1.54, 1.807) is 0 Å². The third kappa shape index (κ3) is 2.51. The van der Waals surface area contributed by atoms with Gasteiger partial charge in [-0.2, -0.15) is 0 Å². The largest absolute Gasteiger partial charge is 0.423 e.